The minimum atomic E-state index is -4.35. The molecule has 14 heteroatoms. The van der Waals surface area contributed by atoms with Crippen molar-refractivity contribution in [1.29, 1.82) is 0 Å². The number of carbonyl (C=O) groups excluding carboxylic acids is 1. The molecule has 2 N–H and O–H groups in total. The van der Waals surface area contributed by atoms with E-state index in [9.17, 15) is 23.3 Å². The van der Waals surface area contributed by atoms with E-state index in [4.69, 9.17) is 16.3 Å². The summed E-state index contributed by atoms with van der Waals surface area (Å²) in [7, 11) is -4.35. The second kappa shape index (κ2) is 10.8. The molecule has 2 aromatic heterocycles. The number of nitrogens with zero attached hydrogens (tertiary/aromatic N) is 3. The summed E-state index contributed by atoms with van der Waals surface area (Å²) in [6.45, 7) is 1.93. The second-order valence-electron chi connectivity index (χ2n) is 8.65. The van der Waals surface area contributed by atoms with Crippen molar-refractivity contribution in [2.45, 2.75) is 37.5 Å². The van der Waals surface area contributed by atoms with Crippen LogP contribution in [0.1, 0.15) is 40.6 Å². The van der Waals surface area contributed by atoms with E-state index in [-0.39, 0.29) is 28.2 Å². The third-order valence-corrected chi connectivity index (χ3v) is 8.97. The highest BCUT2D eigenvalue weighted by Gasteiger charge is 2.28. The standard InChI is InChI=1S/C25H22ClN5O6S2/c1-2-37-25(32)21-15-7-3-6-10-20(15)38-24(21)29-22-23(28-18-9-5-4-8-17(18)27-22)30-39(35,36)14-11-12-16(26)19(13-14)31(33)34/h4-5,8-9,11-13H,2-3,6-7,10H2,1H3,(H,27,29)(H,28,30). The summed E-state index contributed by atoms with van der Waals surface area (Å²) in [4.78, 5) is 33.2. The molecule has 1 aliphatic rings. The van der Waals surface area contributed by atoms with Gasteiger partial charge in [-0.2, -0.15) is 0 Å². The van der Waals surface area contributed by atoms with Crippen molar-refractivity contribution in [1.82, 2.24) is 9.97 Å². The molecule has 5 rings (SSSR count). The number of para-hydroxylation sites is 2. The van der Waals surface area contributed by atoms with Gasteiger partial charge in [-0.25, -0.2) is 23.2 Å². The predicted octanol–water partition coefficient (Wildman–Crippen LogP) is 5.85. The summed E-state index contributed by atoms with van der Waals surface area (Å²) < 4.78 is 34.3. The molecule has 11 nitrogen and oxygen atoms in total. The molecule has 0 radical (unpaired) electrons. The van der Waals surface area contributed by atoms with Crippen LogP contribution in [0.15, 0.2) is 47.4 Å². The number of hydrogen-bond donors (Lipinski definition) is 2. The number of rotatable bonds is 8. The number of hydrogen-bond acceptors (Lipinski definition) is 10. The lowest BCUT2D eigenvalue weighted by Crippen LogP contribution is -2.16. The van der Waals surface area contributed by atoms with Gasteiger partial charge < -0.3 is 10.1 Å². The zero-order chi connectivity index (χ0) is 27.7. The van der Waals surface area contributed by atoms with Crippen LogP contribution in [-0.2, 0) is 27.6 Å². The molecule has 0 unspecified atom stereocenters. The van der Waals surface area contributed by atoms with Crippen LogP contribution >= 0.6 is 22.9 Å². The molecule has 0 aliphatic heterocycles. The first-order chi connectivity index (χ1) is 18.7. The Labute approximate surface area is 232 Å². The number of anilines is 3. The van der Waals surface area contributed by atoms with Crippen molar-refractivity contribution in [2.75, 3.05) is 16.6 Å². The fourth-order valence-corrected chi connectivity index (χ4v) is 6.82. The van der Waals surface area contributed by atoms with E-state index in [1.807, 2.05) is 0 Å². The first kappa shape index (κ1) is 26.8. The van der Waals surface area contributed by atoms with E-state index in [0.717, 1.165) is 54.3 Å². The summed E-state index contributed by atoms with van der Waals surface area (Å²) in [6, 6.07) is 10.1. The number of carbonyl (C=O) groups is 1. The van der Waals surface area contributed by atoms with Crippen LogP contribution in [0.5, 0.6) is 0 Å². The molecule has 0 amide bonds. The average molecular weight is 588 g/mol. The predicted molar refractivity (Wildman–Crippen MR) is 149 cm³/mol. The quantitative estimate of drug-likeness (QED) is 0.147. The van der Waals surface area contributed by atoms with Crippen molar-refractivity contribution in [3.05, 3.63) is 73.6 Å². The van der Waals surface area contributed by atoms with Gasteiger partial charge in [0.25, 0.3) is 15.7 Å². The molecule has 39 heavy (non-hydrogen) atoms. The fourth-order valence-electron chi connectivity index (χ4n) is 4.32. The maximum atomic E-state index is 13.3. The Bertz CT molecular complexity index is 1720. The van der Waals surface area contributed by atoms with Gasteiger partial charge in [0.05, 0.1) is 33.0 Å². The molecule has 0 atom stereocenters. The number of nitrogens with one attached hydrogen (secondary N) is 2. The van der Waals surface area contributed by atoms with E-state index in [1.54, 1.807) is 31.2 Å². The van der Waals surface area contributed by atoms with Crippen molar-refractivity contribution in [2.24, 2.45) is 0 Å². The van der Waals surface area contributed by atoms with Crippen LogP contribution in [0.4, 0.5) is 22.3 Å². The summed E-state index contributed by atoms with van der Waals surface area (Å²) >= 11 is 7.26. The summed E-state index contributed by atoms with van der Waals surface area (Å²) in [5.41, 5.74) is 1.69. The zero-order valence-electron chi connectivity index (χ0n) is 20.6. The van der Waals surface area contributed by atoms with Crippen LogP contribution in [-0.4, -0.2) is 35.9 Å². The van der Waals surface area contributed by atoms with Gasteiger partial charge in [-0.1, -0.05) is 23.7 Å². The molecule has 202 valence electrons. The Kier molecular flexibility index (Phi) is 7.38. The minimum Gasteiger partial charge on any atom is -0.462 e. The van der Waals surface area contributed by atoms with Gasteiger partial charge in [0.15, 0.2) is 11.6 Å². The second-order valence-corrected chi connectivity index (χ2v) is 11.8. The molecule has 2 aromatic carbocycles. The van der Waals surface area contributed by atoms with Crippen molar-refractivity contribution < 1.29 is 22.9 Å². The normalized spacial score (nSPS) is 13.1. The Morgan fingerprint density at radius 2 is 1.82 bits per heavy atom. The zero-order valence-corrected chi connectivity index (χ0v) is 23.0. The van der Waals surface area contributed by atoms with Crippen molar-refractivity contribution >= 4 is 72.3 Å². The number of nitro benzene ring substituents is 1. The lowest BCUT2D eigenvalue weighted by Gasteiger charge is -2.15. The average Bonchev–Trinajstić information content (AvgIpc) is 3.27. The van der Waals surface area contributed by atoms with E-state index >= 15 is 0 Å². The van der Waals surface area contributed by atoms with Crippen LogP contribution in [0.3, 0.4) is 0 Å². The van der Waals surface area contributed by atoms with Gasteiger partial charge in [0, 0.05) is 10.9 Å². The van der Waals surface area contributed by atoms with Gasteiger partial charge in [0.1, 0.15) is 10.0 Å². The summed E-state index contributed by atoms with van der Waals surface area (Å²) in [5.74, 6) is -0.555. The number of thiophene rings is 1. The minimum absolute atomic E-state index is 0.0601. The van der Waals surface area contributed by atoms with Gasteiger partial charge in [-0.05, 0) is 62.4 Å². The highest BCUT2D eigenvalue weighted by Crippen LogP contribution is 2.41. The van der Waals surface area contributed by atoms with Crippen molar-refractivity contribution in [3.8, 4) is 0 Å². The Morgan fingerprint density at radius 1 is 1.13 bits per heavy atom. The monoisotopic (exact) mass is 587 g/mol. The first-order valence-electron chi connectivity index (χ1n) is 12.0. The Hall–Kier alpha value is -3.81. The van der Waals surface area contributed by atoms with Crippen LogP contribution in [0.25, 0.3) is 11.0 Å². The molecule has 0 spiro atoms. The Balaban J connectivity index is 1.60. The smallest absolute Gasteiger partial charge is 0.341 e. The van der Waals surface area contributed by atoms with E-state index in [1.165, 1.54) is 11.3 Å². The lowest BCUT2D eigenvalue weighted by atomic mass is 9.95. The molecule has 1 aliphatic carbocycles. The highest BCUT2D eigenvalue weighted by atomic mass is 35.5. The number of ether oxygens (including phenoxy) is 1. The number of fused-ring (bicyclic) bond motifs is 2. The number of aromatic nitrogens is 2. The number of esters is 1. The third kappa shape index (κ3) is 5.37. The molecule has 0 saturated carbocycles. The molecule has 0 bridgehead atoms. The topological polar surface area (TPSA) is 153 Å². The van der Waals surface area contributed by atoms with E-state index in [2.05, 4.69) is 20.0 Å². The van der Waals surface area contributed by atoms with Crippen LogP contribution < -0.4 is 10.0 Å². The van der Waals surface area contributed by atoms with Crippen LogP contribution in [0.2, 0.25) is 5.02 Å². The lowest BCUT2D eigenvalue weighted by molar-refractivity contribution is -0.384. The molecule has 2 heterocycles. The third-order valence-electron chi connectivity index (χ3n) is 6.11. The largest absolute Gasteiger partial charge is 0.462 e. The maximum Gasteiger partial charge on any atom is 0.341 e. The summed E-state index contributed by atoms with van der Waals surface area (Å²) in [5, 5.41) is 14.7. The van der Waals surface area contributed by atoms with E-state index in [0.29, 0.717) is 21.6 Å². The number of nitro groups is 1. The molecule has 0 fully saturated rings. The number of halogens is 1. The Morgan fingerprint density at radius 3 is 2.51 bits per heavy atom. The summed E-state index contributed by atoms with van der Waals surface area (Å²) in [6.07, 6.45) is 3.51. The highest BCUT2D eigenvalue weighted by molar-refractivity contribution is 7.92. The van der Waals surface area contributed by atoms with Gasteiger partial charge in [0.2, 0.25) is 0 Å². The van der Waals surface area contributed by atoms with Gasteiger partial charge in [-0.3, -0.25) is 14.8 Å². The fraction of sp³-hybridized carbons (Fsp3) is 0.240. The molecule has 0 saturated heterocycles. The maximum absolute atomic E-state index is 13.3. The van der Waals surface area contributed by atoms with Gasteiger partial charge in [-0.15, -0.1) is 11.3 Å². The van der Waals surface area contributed by atoms with E-state index < -0.39 is 26.6 Å². The van der Waals surface area contributed by atoms with Crippen LogP contribution in [0, 0.1) is 10.1 Å². The SMILES string of the molecule is CCOC(=O)c1c(Nc2nc3ccccc3nc2NS(=O)(=O)c2ccc(Cl)c([N+](=O)[O-])c2)sc2c1CCCC2. The molecular weight excluding hydrogens is 566 g/mol. The van der Waals surface area contributed by atoms with Gasteiger partial charge >= 0.3 is 5.97 Å². The van der Waals surface area contributed by atoms with Crippen molar-refractivity contribution in [3.63, 3.8) is 0 Å². The molecule has 4 aromatic rings. The number of benzene rings is 2. The number of aryl methyl sites for hydroxylation is 1. The first-order valence-corrected chi connectivity index (χ1v) is 14.7. The number of sulfonamides is 1. The molecular formula is C25H22ClN5O6S2.